The lowest BCUT2D eigenvalue weighted by Crippen LogP contribution is -2.18. The zero-order chi connectivity index (χ0) is 18.2. The van der Waals surface area contributed by atoms with Crippen molar-refractivity contribution in [2.45, 2.75) is 6.61 Å². The Labute approximate surface area is 156 Å². The van der Waals surface area contributed by atoms with Gasteiger partial charge >= 0.3 is 0 Å². The molecule has 0 fully saturated rings. The molecular weight excluding hydrogens is 350 g/mol. The van der Waals surface area contributed by atoms with E-state index in [1.807, 2.05) is 24.3 Å². The van der Waals surface area contributed by atoms with E-state index in [-0.39, 0.29) is 5.91 Å². The molecule has 5 nitrogen and oxygen atoms in total. The highest BCUT2D eigenvalue weighted by Gasteiger charge is 2.11. The van der Waals surface area contributed by atoms with E-state index in [0.29, 0.717) is 22.9 Å². The molecule has 0 unspecified atom stereocenters. The zero-order valence-electron chi connectivity index (χ0n) is 13.8. The fourth-order valence-corrected chi connectivity index (χ4v) is 2.33. The predicted octanol–water partition coefficient (Wildman–Crippen LogP) is 4.08. The van der Waals surface area contributed by atoms with Crippen LogP contribution in [-0.2, 0) is 6.61 Å². The smallest absolute Gasteiger partial charge is 0.275 e. The van der Waals surface area contributed by atoms with Crippen molar-refractivity contribution in [3.8, 4) is 5.75 Å². The van der Waals surface area contributed by atoms with Crippen LogP contribution in [0, 0.1) is 0 Å². The summed E-state index contributed by atoms with van der Waals surface area (Å²) in [6, 6.07) is 18.0. The number of para-hydroxylation sites is 1. The summed E-state index contributed by atoms with van der Waals surface area (Å²) in [6.45, 7) is 0.334. The first-order chi connectivity index (χ1) is 12.7. The number of nitrogens with one attached hydrogen (secondary N) is 1. The van der Waals surface area contributed by atoms with Crippen LogP contribution >= 0.6 is 11.6 Å². The van der Waals surface area contributed by atoms with E-state index >= 15 is 0 Å². The minimum Gasteiger partial charge on any atom is -0.488 e. The number of pyridine rings is 1. The van der Waals surface area contributed by atoms with Gasteiger partial charge in [0, 0.05) is 23.0 Å². The lowest BCUT2D eigenvalue weighted by Gasteiger charge is -2.10. The normalized spacial score (nSPS) is 10.7. The molecule has 3 aromatic rings. The minimum atomic E-state index is -0.350. The number of hydrogen-bond acceptors (Lipinski definition) is 4. The van der Waals surface area contributed by atoms with Crippen LogP contribution in [0.3, 0.4) is 0 Å². The highest BCUT2D eigenvalue weighted by Crippen LogP contribution is 2.20. The van der Waals surface area contributed by atoms with Gasteiger partial charge in [-0.05, 0) is 35.9 Å². The van der Waals surface area contributed by atoms with Crippen LogP contribution in [0.2, 0.25) is 5.02 Å². The summed E-state index contributed by atoms with van der Waals surface area (Å²) < 4.78 is 5.78. The second-order valence-electron chi connectivity index (χ2n) is 5.40. The Balaban J connectivity index is 1.65. The van der Waals surface area contributed by atoms with Crippen LogP contribution < -0.4 is 10.2 Å². The zero-order valence-corrected chi connectivity index (χ0v) is 14.6. The van der Waals surface area contributed by atoms with Gasteiger partial charge < -0.3 is 4.74 Å². The molecule has 0 saturated carbocycles. The van der Waals surface area contributed by atoms with Gasteiger partial charge in [-0.25, -0.2) is 5.43 Å². The molecule has 26 heavy (non-hydrogen) atoms. The molecule has 1 heterocycles. The van der Waals surface area contributed by atoms with Gasteiger partial charge in [0.2, 0.25) is 0 Å². The van der Waals surface area contributed by atoms with Crippen molar-refractivity contribution in [1.82, 2.24) is 10.4 Å². The van der Waals surface area contributed by atoms with Gasteiger partial charge in [0.05, 0.1) is 11.8 Å². The average molecular weight is 366 g/mol. The van der Waals surface area contributed by atoms with Crippen LogP contribution in [0.5, 0.6) is 5.75 Å². The SMILES string of the molecule is O=C(NN=Cc1cccnc1)c1ccccc1OCc1ccc(Cl)cc1. The number of nitrogens with zero attached hydrogens (tertiary/aromatic N) is 2. The number of ether oxygens (including phenoxy) is 1. The Hall–Kier alpha value is -3.18. The molecule has 2 aromatic carbocycles. The number of hydrogen-bond donors (Lipinski definition) is 1. The molecule has 0 radical (unpaired) electrons. The van der Waals surface area contributed by atoms with Crippen LogP contribution in [0.15, 0.2) is 78.2 Å². The Morgan fingerprint density at radius 2 is 1.92 bits per heavy atom. The highest BCUT2D eigenvalue weighted by atomic mass is 35.5. The first-order valence-corrected chi connectivity index (χ1v) is 8.30. The largest absolute Gasteiger partial charge is 0.488 e. The van der Waals surface area contributed by atoms with Crippen LogP contribution in [0.4, 0.5) is 0 Å². The van der Waals surface area contributed by atoms with Crippen molar-refractivity contribution in [1.29, 1.82) is 0 Å². The van der Waals surface area contributed by atoms with Crippen molar-refractivity contribution in [3.63, 3.8) is 0 Å². The molecule has 6 heteroatoms. The summed E-state index contributed by atoms with van der Waals surface area (Å²) >= 11 is 5.88. The van der Waals surface area contributed by atoms with Crippen LogP contribution in [0.25, 0.3) is 0 Å². The van der Waals surface area contributed by atoms with Gasteiger partial charge in [-0.2, -0.15) is 5.10 Å². The second kappa shape index (κ2) is 8.78. The van der Waals surface area contributed by atoms with Gasteiger partial charge in [0.25, 0.3) is 5.91 Å². The Kier molecular flexibility index (Phi) is 5.96. The summed E-state index contributed by atoms with van der Waals surface area (Å²) in [6.07, 6.45) is 4.85. The van der Waals surface area contributed by atoms with Crippen molar-refractivity contribution >= 4 is 23.7 Å². The quantitative estimate of drug-likeness (QED) is 0.529. The number of benzene rings is 2. The second-order valence-corrected chi connectivity index (χ2v) is 5.83. The number of amides is 1. The molecule has 0 saturated heterocycles. The Bertz CT molecular complexity index is 896. The first kappa shape index (κ1) is 17.6. The number of aromatic nitrogens is 1. The molecule has 0 spiro atoms. The Morgan fingerprint density at radius 3 is 2.69 bits per heavy atom. The topological polar surface area (TPSA) is 63.6 Å². The average Bonchev–Trinajstić information content (AvgIpc) is 2.68. The van der Waals surface area contributed by atoms with E-state index < -0.39 is 0 Å². The maximum Gasteiger partial charge on any atom is 0.275 e. The van der Waals surface area contributed by atoms with Gasteiger partial charge in [-0.15, -0.1) is 0 Å². The van der Waals surface area contributed by atoms with E-state index in [2.05, 4.69) is 15.5 Å². The van der Waals surface area contributed by atoms with Crippen LogP contribution in [0.1, 0.15) is 21.5 Å². The molecule has 0 aliphatic heterocycles. The lowest BCUT2D eigenvalue weighted by atomic mass is 10.2. The minimum absolute atomic E-state index is 0.334. The predicted molar refractivity (Wildman–Crippen MR) is 102 cm³/mol. The van der Waals surface area contributed by atoms with E-state index in [9.17, 15) is 4.79 Å². The van der Waals surface area contributed by atoms with Crippen molar-refractivity contribution in [2.75, 3.05) is 0 Å². The van der Waals surface area contributed by atoms with Crippen LogP contribution in [-0.4, -0.2) is 17.1 Å². The highest BCUT2D eigenvalue weighted by molar-refractivity contribution is 6.30. The maximum atomic E-state index is 12.4. The number of rotatable bonds is 6. The summed E-state index contributed by atoms with van der Waals surface area (Å²) in [7, 11) is 0. The number of carbonyl (C=O) groups excluding carboxylic acids is 1. The molecule has 1 N–H and O–H groups in total. The van der Waals surface area contributed by atoms with Gasteiger partial charge in [0.15, 0.2) is 0 Å². The fourth-order valence-electron chi connectivity index (χ4n) is 2.20. The molecule has 1 aromatic heterocycles. The molecule has 0 bridgehead atoms. The third-order valence-electron chi connectivity index (χ3n) is 3.50. The van der Waals surface area contributed by atoms with Crippen molar-refractivity contribution < 1.29 is 9.53 Å². The lowest BCUT2D eigenvalue weighted by molar-refractivity contribution is 0.0950. The number of halogens is 1. The molecule has 0 atom stereocenters. The molecule has 130 valence electrons. The van der Waals surface area contributed by atoms with E-state index in [1.165, 1.54) is 6.21 Å². The fraction of sp³-hybridized carbons (Fsp3) is 0.0500. The number of hydrazone groups is 1. The molecular formula is C20H16ClN3O2. The first-order valence-electron chi connectivity index (χ1n) is 7.92. The standard InChI is InChI=1S/C20H16ClN3O2/c21-17-9-7-15(8-10-17)14-26-19-6-2-1-5-18(19)20(25)24-23-13-16-4-3-11-22-12-16/h1-13H,14H2,(H,24,25). The van der Waals surface area contributed by atoms with Crippen molar-refractivity contribution in [2.24, 2.45) is 5.10 Å². The van der Waals surface area contributed by atoms with Crippen molar-refractivity contribution in [3.05, 3.63) is 94.8 Å². The van der Waals surface area contributed by atoms with Gasteiger partial charge in [-0.3, -0.25) is 9.78 Å². The molecule has 0 aliphatic carbocycles. The molecule has 1 amide bonds. The molecule has 3 rings (SSSR count). The number of carbonyl (C=O) groups is 1. The van der Waals surface area contributed by atoms with Gasteiger partial charge in [0.1, 0.15) is 12.4 Å². The van der Waals surface area contributed by atoms with E-state index in [0.717, 1.165) is 11.1 Å². The summed E-state index contributed by atoms with van der Waals surface area (Å²) in [5, 5.41) is 4.62. The summed E-state index contributed by atoms with van der Waals surface area (Å²) in [4.78, 5) is 16.4. The maximum absolute atomic E-state index is 12.4. The monoisotopic (exact) mass is 365 g/mol. The van der Waals surface area contributed by atoms with E-state index in [4.69, 9.17) is 16.3 Å². The molecule has 0 aliphatic rings. The third-order valence-corrected chi connectivity index (χ3v) is 3.76. The Morgan fingerprint density at radius 1 is 1.12 bits per heavy atom. The van der Waals surface area contributed by atoms with Gasteiger partial charge in [-0.1, -0.05) is 41.9 Å². The third kappa shape index (κ3) is 4.91. The summed E-state index contributed by atoms with van der Waals surface area (Å²) in [5.74, 6) is 0.133. The van der Waals surface area contributed by atoms with E-state index in [1.54, 1.807) is 48.8 Å². The summed E-state index contributed by atoms with van der Waals surface area (Å²) in [5.41, 5.74) is 4.66.